The number of carbonyl (C=O) groups excluding carboxylic acids is 10. The second-order valence-corrected chi connectivity index (χ2v) is 2.18. The molecule has 0 saturated heterocycles. The number of aldehydes is 5. The maximum atomic E-state index is 8.89. The van der Waals surface area contributed by atoms with Gasteiger partial charge in [0, 0.05) is 18.6 Å². The van der Waals surface area contributed by atoms with Crippen LogP contribution in [0, 0.1) is 0 Å². The molecule has 0 rings (SSSR count). The first-order valence-electron chi connectivity index (χ1n) is 4.66. The van der Waals surface area contributed by atoms with Crippen molar-refractivity contribution in [1.82, 2.24) is 0 Å². The molecule has 15 nitrogen and oxygen atoms in total. The maximum Gasteiger partial charge on any atom is 0.165 e. The monoisotopic (exact) mass is 416 g/mol. The van der Waals surface area contributed by atoms with E-state index in [1.807, 2.05) is 0 Å². The van der Waals surface area contributed by atoms with Gasteiger partial charge in [0.2, 0.25) is 0 Å². The smallest absolute Gasteiger partial charge is 0.165 e. The van der Waals surface area contributed by atoms with Crippen LogP contribution in [0.5, 0.6) is 0 Å². The van der Waals surface area contributed by atoms with E-state index in [0.29, 0.717) is 0 Å². The van der Waals surface area contributed by atoms with Crippen LogP contribution in [-0.2, 0) is 66.5 Å². The zero-order valence-electron chi connectivity index (χ0n) is 12.0. The fourth-order valence-electron chi connectivity index (χ4n) is 0. The van der Waals surface area contributed by atoms with E-state index >= 15 is 0 Å². The molecule has 0 aliphatic carbocycles. The molecule has 1 radical (unpaired) electrons. The third-order valence-electron chi connectivity index (χ3n) is 0.481. The summed E-state index contributed by atoms with van der Waals surface area (Å²) >= 11 is 0. The predicted molar refractivity (Wildman–Crippen MR) is 55.4 cm³/mol. The van der Waals surface area contributed by atoms with Crippen molar-refractivity contribution in [3.05, 3.63) is 0 Å². The van der Waals surface area contributed by atoms with Gasteiger partial charge in [-0.15, -0.1) is 0 Å². The van der Waals surface area contributed by atoms with Crippen molar-refractivity contribution in [2.45, 2.75) is 0 Å². The molecule has 0 aliphatic rings. The first-order chi connectivity index (χ1) is 11.4. The van der Waals surface area contributed by atoms with E-state index in [2.05, 4.69) is 0 Å². The Balaban J connectivity index is -0.0000000476. The summed E-state index contributed by atoms with van der Waals surface area (Å²) in [6.07, 6.45) is -1.39. The average molecular weight is 416 g/mol. The minimum atomic E-state index is -1.68. The summed E-state index contributed by atoms with van der Waals surface area (Å²) in [5, 5.41) is 44.4. The van der Waals surface area contributed by atoms with Crippen molar-refractivity contribution in [2.75, 3.05) is 0 Å². The molecule has 0 heterocycles. The van der Waals surface area contributed by atoms with Gasteiger partial charge in [0.1, 0.15) is 29.8 Å². The molecule has 0 fully saturated rings. The van der Waals surface area contributed by atoms with Gasteiger partial charge in [0.15, 0.2) is 31.4 Å². The number of carboxylic acid groups (broad SMARTS) is 5. The van der Waals surface area contributed by atoms with Crippen LogP contribution in [0.4, 0.5) is 0 Å². The van der Waals surface area contributed by atoms with E-state index in [1.54, 1.807) is 0 Å². The number of rotatable bonds is 5. The Morgan fingerprint density at radius 3 is 0.423 bits per heavy atom. The van der Waals surface area contributed by atoms with Crippen molar-refractivity contribution in [3.63, 3.8) is 0 Å². The van der Waals surface area contributed by atoms with E-state index in [-0.39, 0.29) is 50.0 Å². The number of hydrogen-bond acceptors (Lipinski definition) is 15. The molecule has 0 atom stereocenters. The summed E-state index contributed by atoms with van der Waals surface area (Å²) in [6, 6.07) is 0. The van der Waals surface area contributed by atoms with Gasteiger partial charge < -0.3 is 49.5 Å². The van der Waals surface area contributed by atoms with Gasteiger partial charge in [-0.1, -0.05) is 0 Å². The molecule has 0 amide bonds. The minimum Gasteiger partial charge on any atom is -0.542 e. The summed E-state index contributed by atoms with van der Waals surface area (Å²) in [6.45, 7) is 0. The summed E-state index contributed by atoms with van der Waals surface area (Å²) in [7, 11) is 0. The van der Waals surface area contributed by atoms with Crippen molar-refractivity contribution in [3.8, 4) is 0 Å². The summed E-state index contributed by atoms with van der Waals surface area (Å²) < 4.78 is 0. The van der Waals surface area contributed by atoms with Crippen LogP contribution in [0.2, 0.25) is 0 Å². The summed E-state index contributed by atoms with van der Waals surface area (Å²) in [5.41, 5.74) is 0. The third kappa shape index (κ3) is 191. The first kappa shape index (κ1) is 38.1. The van der Waals surface area contributed by atoms with E-state index in [4.69, 9.17) is 73.5 Å². The van der Waals surface area contributed by atoms with E-state index in [0.717, 1.165) is 0 Å². The second-order valence-electron chi connectivity index (χ2n) is 2.18. The zero-order chi connectivity index (χ0) is 21.4. The van der Waals surface area contributed by atoms with Gasteiger partial charge >= 0.3 is 0 Å². The predicted octanol–water partition coefficient (Wildman–Crippen LogP) is -10.3. The van der Waals surface area contributed by atoms with Gasteiger partial charge in [-0.3, -0.25) is 24.0 Å². The van der Waals surface area contributed by atoms with Gasteiger partial charge in [0.05, 0.1) is 0 Å². The fourth-order valence-corrected chi connectivity index (χ4v) is 0. The molecular formula is C10H5O15V-5. The molecule has 16 heteroatoms. The van der Waals surface area contributed by atoms with Crippen molar-refractivity contribution in [2.24, 2.45) is 0 Å². The van der Waals surface area contributed by atoms with Crippen LogP contribution in [0.25, 0.3) is 0 Å². The molecule has 0 aromatic carbocycles. The van der Waals surface area contributed by atoms with Crippen molar-refractivity contribution in [1.29, 1.82) is 0 Å². The molecule has 0 aromatic heterocycles. The minimum absolute atomic E-state index is 0. The van der Waals surface area contributed by atoms with Crippen LogP contribution < -0.4 is 25.5 Å². The van der Waals surface area contributed by atoms with Crippen molar-refractivity contribution >= 4 is 61.3 Å². The van der Waals surface area contributed by atoms with Crippen LogP contribution in [0.1, 0.15) is 0 Å². The van der Waals surface area contributed by atoms with Gasteiger partial charge in [-0.2, -0.15) is 0 Å². The second kappa shape index (κ2) is 33.0. The van der Waals surface area contributed by atoms with Crippen LogP contribution in [0.3, 0.4) is 0 Å². The SMILES string of the molecule is O=CC(=O)[O-].O=CC(=O)[O-].O=CC(=O)[O-].O=CC(=O)[O-].O=CC(=O)[O-].[V]. The molecule has 0 saturated carbocycles. The number of carbonyl (C=O) groups is 10. The number of aliphatic carboxylic acids is 5. The van der Waals surface area contributed by atoms with Gasteiger partial charge in [0.25, 0.3) is 0 Å². The van der Waals surface area contributed by atoms with Crippen molar-refractivity contribution < 1.29 is 92.0 Å². The molecule has 0 N–H and O–H groups in total. The standard InChI is InChI=1S/5C2H2O3.V/c5*3-1-2(4)5;/h5*1H,(H,4,5);/p-5. The first-order valence-corrected chi connectivity index (χ1v) is 4.66. The normalized spacial score (nSPS) is 6.15. The quantitative estimate of drug-likeness (QED) is 0.297. The Morgan fingerprint density at radius 2 is 0.423 bits per heavy atom. The topological polar surface area (TPSA) is 286 Å². The summed E-state index contributed by atoms with van der Waals surface area (Å²) in [5.74, 6) is -8.38. The molecule has 0 unspecified atom stereocenters. The van der Waals surface area contributed by atoms with E-state index < -0.39 is 29.8 Å². The van der Waals surface area contributed by atoms with Gasteiger partial charge in [-0.25, -0.2) is 0 Å². The Labute approximate surface area is 154 Å². The number of hydrogen-bond donors (Lipinski definition) is 0. The molecular weight excluding hydrogens is 411 g/mol. The largest absolute Gasteiger partial charge is 0.542 e. The van der Waals surface area contributed by atoms with Crippen LogP contribution in [-0.4, -0.2) is 61.3 Å². The maximum absolute atomic E-state index is 8.89. The molecule has 0 spiro atoms. The van der Waals surface area contributed by atoms with Gasteiger partial charge in [-0.05, 0) is 0 Å². The molecule has 145 valence electrons. The fraction of sp³-hybridized carbons (Fsp3) is 0. The van der Waals surface area contributed by atoms with E-state index in [9.17, 15) is 0 Å². The third-order valence-corrected chi connectivity index (χ3v) is 0.481. The number of carboxylic acids is 5. The molecule has 0 aromatic rings. The zero-order valence-corrected chi connectivity index (χ0v) is 13.4. The molecule has 26 heavy (non-hydrogen) atoms. The van der Waals surface area contributed by atoms with Crippen LogP contribution >= 0.6 is 0 Å². The average Bonchev–Trinajstić information content (AvgIpc) is 2.56. The van der Waals surface area contributed by atoms with Crippen LogP contribution in [0.15, 0.2) is 0 Å². The Kier molecular flexibility index (Phi) is 48.4. The Bertz CT molecular complexity index is 390. The molecule has 0 bridgehead atoms. The molecule has 0 aliphatic heterocycles. The summed E-state index contributed by atoms with van der Waals surface area (Å²) in [4.78, 5) is 88.7. The van der Waals surface area contributed by atoms with E-state index in [1.165, 1.54) is 0 Å². The Morgan fingerprint density at radius 1 is 0.385 bits per heavy atom. The Hall–Kier alpha value is -3.72.